The Balaban J connectivity index is 0.000000167. The highest BCUT2D eigenvalue weighted by atomic mass is 32.1. The van der Waals surface area contributed by atoms with Crippen LogP contribution in [-0.4, -0.2) is 107 Å². The van der Waals surface area contributed by atoms with E-state index in [0.29, 0.717) is 83.9 Å². The molecule has 11 rings (SSSR count). The van der Waals surface area contributed by atoms with Crippen LogP contribution in [0.3, 0.4) is 0 Å². The number of nitrogens with zero attached hydrogens (tertiary/aromatic N) is 5. The van der Waals surface area contributed by atoms with Gasteiger partial charge in [0.1, 0.15) is 10.0 Å². The second-order valence-corrected chi connectivity index (χ2v) is 21.9. The van der Waals surface area contributed by atoms with E-state index in [1.54, 1.807) is 61.2 Å². The smallest absolute Gasteiger partial charge is 0.254 e. The lowest BCUT2D eigenvalue weighted by Crippen LogP contribution is -2.48. The number of benzene rings is 4. The van der Waals surface area contributed by atoms with Crippen molar-refractivity contribution in [2.24, 2.45) is 0 Å². The fourth-order valence-corrected chi connectivity index (χ4v) is 11.8. The number of hydrogen-bond donors (Lipinski definition) is 1. The van der Waals surface area contributed by atoms with Gasteiger partial charge < -0.3 is 43.5 Å². The van der Waals surface area contributed by atoms with Crippen molar-refractivity contribution in [2.75, 3.05) is 40.4 Å². The zero-order valence-electron chi connectivity index (χ0n) is 42.0. The van der Waals surface area contributed by atoms with Crippen LogP contribution in [0.25, 0.3) is 22.5 Å². The number of methoxy groups -OCH3 is 2. The number of hydrogen-bond acceptors (Lipinski definition) is 14. The molecule has 2 amide bonds. The summed E-state index contributed by atoms with van der Waals surface area (Å²) in [6.45, 7) is 11.7. The topological polar surface area (TPSA) is 137 Å². The first-order valence-electron chi connectivity index (χ1n) is 25.1. The third kappa shape index (κ3) is 11.1. The van der Waals surface area contributed by atoms with Gasteiger partial charge in [-0.15, -0.1) is 22.7 Å². The molecule has 72 heavy (non-hydrogen) atoms. The van der Waals surface area contributed by atoms with E-state index in [9.17, 15) is 9.59 Å². The van der Waals surface area contributed by atoms with Crippen LogP contribution in [-0.2, 0) is 13.1 Å². The maximum absolute atomic E-state index is 14.1. The summed E-state index contributed by atoms with van der Waals surface area (Å²) in [6.07, 6.45) is 8.33. The second kappa shape index (κ2) is 21.1. The first kappa shape index (κ1) is 49.4. The summed E-state index contributed by atoms with van der Waals surface area (Å²) in [5.74, 6) is 1.39. The zero-order valence-corrected chi connectivity index (χ0v) is 43.6. The maximum Gasteiger partial charge on any atom is 0.254 e. The van der Waals surface area contributed by atoms with Crippen LogP contribution in [0.5, 0.6) is 34.5 Å². The highest BCUT2D eigenvalue weighted by molar-refractivity contribution is 7.10. The van der Waals surface area contributed by atoms with Crippen molar-refractivity contribution in [3.63, 3.8) is 0 Å². The van der Waals surface area contributed by atoms with Gasteiger partial charge in [0, 0.05) is 91.9 Å². The van der Waals surface area contributed by atoms with Crippen LogP contribution < -0.4 is 33.7 Å². The molecule has 0 radical (unpaired) electrons. The fourth-order valence-electron chi connectivity index (χ4n) is 10.2. The molecule has 0 bridgehead atoms. The Morgan fingerprint density at radius 1 is 0.667 bits per heavy atom. The Morgan fingerprint density at radius 2 is 1.18 bits per heavy atom. The largest absolute Gasteiger partial charge is 0.493 e. The van der Waals surface area contributed by atoms with Crippen LogP contribution in [0, 0.1) is 0 Å². The Labute approximate surface area is 430 Å². The maximum atomic E-state index is 14.1. The van der Waals surface area contributed by atoms with Crippen molar-refractivity contribution in [1.29, 1.82) is 0 Å². The summed E-state index contributed by atoms with van der Waals surface area (Å²) >= 11 is 3.18. The van der Waals surface area contributed by atoms with Crippen molar-refractivity contribution >= 4 is 34.5 Å². The molecule has 6 heterocycles. The Morgan fingerprint density at radius 3 is 1.64 bits per heavy atom. The van der Waals surface area contributed by atoms with Gasteiger partial charge >= 0.3 is 0 Å². The minimum absolute atomic E-state index is 0.0451. The monoisotopic (exact) mass is 1010 g/mol. The van der Waals surface area contributed by atoms with E-state index in [-0.39, 0.29) is 17.9 Å². The number of carbonyl (C=O) groups excluding carboxylic acids is 2. The number of likely N-dealkylation sites (tertiary alicyclic amines) is 1. The van der Waals surface area contributed by atoms with Gasteiger partial charge in [-0.25, -0.2) is 9.97 Å². The van der Waals surface area contributed by atoms with Gasteiger partial charge in [-0.3, -0.25) is 14.5 Å². The Kier molecular flexibility index (Phi) is 14.5. The van der Waals surface area contributed by atoms with Gasteiger partial charge in [-0.05, 0) is 75.9 Å². The Hall–Kier alpha value is -6.20. The molecule has 2 atom stereocenters. The molecule has 4 aliphatic heterocycles. The highest BCUT2D eigenvalue weighted by Crippen LogP contribution is 2.48. The molecule has 2 unspecified atom stereocenters. The minimum Gasteiger partial charge on any atom is -0.493 e. The second-order valence-electron chi connectivity index (χ2n) is 20.0. The molecular formula is C56H64N6O8S2. The minimum atomic E-state index is -0.807. The normalized spacial score (nSPS) is 19.3. The molecule has 1 N–H and O–H groups in total. The first-order valence-corrected chi connectivity index (χ1v) is 26.9. The summed E-state index contributed by atoms with van der Waals surface area (Å²) in [6, 6.07) is 28.6. The van der Waals surface area contributed by atoms with Gasteiger partial charge in [-0.1, -0.05) is 67.1 Å². The third-order valence-electron chi connectivity index (χ3n) is 13.9. The number of fused-ring (bicyclic) bond motifs is 2. The molecule has 2 saturated heterocycles. The van der Waals surface area contributed by atoms with Gasteiger partial charge in [0.15, 0.2) is 23.0 Å². The van der Waals surface area contributed by atoms with E-state index in [2.05, 4.69) is 27.7 Å². The van der Waals surface area contributed by atoms with Crippen LogP contribution in [0.1, 0.15) is 103 Å². The van der Waals surface area contributed by atoms with Crippen LogP contribution in [0.2, 0.25) is 0 Å². The summed E-state index contributed by atoms with van der Waals surface area (Å²) in [5.41, 5.74) is 5.08. The van der Waals surface area contributed by atoms with Crippen molar-refractivity contribution in [1.82, 2.24) is 30.0 Å². The highest BCUT2D eigenvalue weighted by Gasteiger charge is 2.39. The lowest BCUT2D eigenvalue weighted by atomic mass is 9.91. The average Bonchev–Trinajstić information content (AvgIpc) is 4.24. The average molecular weight is 1010 g/mol. The standard InChI is InChI=1S/C30H35N3O4S.C26H29N3O4S/c1-30(2)36-26-16-21(15-25(35-3)28(26)37-30)29(34)32(17-23-13-8-14-33(23)22-11-7-12-22)18-27-31-24(19-38-27)20-9-5-4-6-10-20;1-26(2)32-22-13-18(12-21(31-3)24(22)33-26)25(30)29(14-19-10-7-11-27-19)15-23-28-20(16-34-23)17-8-5-4-6-9-17/h4-6,9-10,15-16,19,22-23H,7-8,11-14,17-18H2,1-3H3;4-6,8-9,12-13,16,19,27H,7,10-11,14-15H2,1-3H3. The molecule has 1 aliphatic carbocycles. The van der Waals surface area contributed by atoms with Crippen molar-refractivity contribution < 1.29 is 38.0 Å². The molecule has 1 saturated carbocycles. The number of thiazole rings is 2. The lowest BCUT2D eigenvalue weighted by molar-refractivity contribution is -0.0445. The van der Waals surface area contributed by atoms with Gasteiger partial charge in [0.05, 0.1) is 38.7 Å². The van der Waals surface area contributed by atoms with E-state index >= 15 is 0 Å². The first-order chi connectivity index (χ1) is 34.8. The molecule has 0 spiro atoms. The molecule has 6 aromatic rings. The van der Waals surface area contributed by atoms with Crippen molar-refractivity contribution in [3.05, 3.63) is 117 Å². The van der Waals surface area contributed by atoms with E-state index in [1.165, 1.54) is 25.7 Å². The number of rotatable bonds is 15. The molecule has 378 valence electrons. The van der Waals surface area contributed by atoms with Crippen LogP contribution >= 0.6 is 22.7 Å². The molecule has 5 aliphatic rings. The van der Waals surface area contributed by atoms with Crippen molar-refractivity contribution in [3.8, 4) is 57.0 Å². The van der Waals surface area contributed by atoms with Crippen LogP contribution in [0.4, 0.5) is 0 Å². The fraction of sp³-hybridized carbons (Fsp3) is 0.429. The number of ether oxygens (including phenoxy) is 6. The SMILES string of the molecule is COc1cc(C(=O)N(Cc2nc(-c3ccccc3)cs2)CC2CCCN2)cc2c1OC(C)(C)O2.COc1cc(C(=O)N(Cc2nc(-c3ccccc3)cs2)CC2CCCN2C2CCC2)cc2c1OC(C)(C)O2. The van der Waals surface area contributed by atoms with Gasteiger partial charge in [0.2, 0.25) is 23.1 Å². The van der Waals surface area contributed by atoms with Crippen molar-refractivity contribution in [2.45, 2.75) is 115 Å². The molecule has 14 nitrogen and oxygen atoms in total. The van der Waals surface area contributed by atoms with E-state index < -0.39 is 11.6 Å². The van der Waals surface area contributed by atoms with E-state index in [0.717, 1.165) is 64.9 Å². The predicted octanol–water partition coefficient (Wildman–Crippen LogP) is 10.7. The summed E-state index contributed by atoms with van der Waals surface area (Å²) in [4.78, 5) is 44.1. The number of amides is 2. The molecule has 2 aromatic heterocycles. The third-order valence-corrected chi connectivity index (χ3v) is 15.5. The van der Waals surface area contributed by atoms with Gasteiger partial charge in [-0.2, -0.15) is 0 Å². The molecule has 3 fully saturated rings. The summed E-state index contributed by atoms with van der Waals surface area (Å²) in [5, 5.41) is 9.46. The number of carbonyl (C=O) groups is 2. The molecular weight excluding hydrogens is 949 g/mol. The molecule has 4 aromatic carbocycles. The van der Waals surface area contributed by atoms with E-state index in [1.807, 2.05) is 91.4 Å². The van der Waals surface area contributed by atoms with Gasteiger partial charge in [0.25, 0.3) is 11.8 Å². The summed E-state index contributed by atoms with van der Waals surface area (Å²) in [7, 11) is 3.16. The quantitative estimate of drug-likeness (QED) is 0.105. The molecule has 16 heteroatoms. The number of nitrogens with one attached hydrogen (secondary N) is 1. The number of aromatic nitrogens is 2. The summed E-state index contributed by atoms with van der Waals surface area (Å²) < 4.78 is 34.8. The lowest BCUT2D eigenvalue weighted by Gasteiger charge is -2.40. The zero-order chi connectivity index (χ0) is 50.0. The predicted molar refractivity (Wildman–Crippen MR) is 280 cm³/mol. The van der Waals surface area contributed by atoms with Crippen LogP contribution in [0.15, 0.2) is 95.7 Å². The van der Waals surface area contributed by atoms with E-state index in [4.69, 9.17) is 38.4 Å². The Bertz CT molecular complexity index is 2860.